The topological polar surface area (TPSA) is 65.7 Å². The van der Waals surface area contributed by atoms with Crippen LogP contribution in [0.4, 0.5) is 8.78 Å². The van der Waals surface area contributed by atoms with E-state index in [4.69, 9.17) is 14.2 Å². The van der Waals surface area contributed by atoms with Crippen LogP contribution in [0.1, 0.15) is 23.5 Å². The Morgan fingerprint density at radius 2 is 2.03 bits per heavy atom. The summed E-state index contributed by atoms with van der Waals surface area (Å²) in [6.45, 7) is 9.80. The molecule has 2 heterocycles. The first-order valence-electron chi connectivity index (χ1n) is 11.7. The number of rotatable bonds is 9. The van der Waals surface area contributed by atoms with E-state index in [0.717, 1.165) is 23.6 Å². The highest BCUT2D eigenvalue weighted by Gasteiger charge is 2.27. The fourth-order valence-electron chi connectivity index (χ4n) is 4.03. The van der Waals surface area contributed by atoms with E-state index >= 15 is 0 Å². The van der Waals surface area contributed by atoms with Crippen molar-refractivity contribution in [1.29, 1.82) is 0 Å². The lowest BCUT2D eigenvalue weighted by molar-refractivity contribution is 0.0585. The number of benzene rings is 2. The molecule has 0 bridgehead atoms. The van der Waals surface area contributed by atoms with Gasteiger partial charge in [-0.3, -0.25) is 4.57 Å². The standard InChI is InChI=1S/C25H31BrF2N2O4Si/c1-15-5-6-16(17-9-18(12-31)33-13-17)10-21(15)34-25-29-24-20(11-19(27)22(26)23(24)28)30(25)14-32-7-8-35(2,3)4/h5-6,10-11,17-18,31H,7-9,12-14H2,1-4H3. The maximum Gasteiger partial charge on any atom is 0.304 e. The Labute approximate surface area is 213 Å². The van der Waals surface area contributed by atoms with Crippen molar-refractivity contribution in [3.05, 3.63) is 51.5 Å². The number of ether oxygens (including phenoxy) is 3. The number of hydrogen-bond donors (Lipinski definition) is 1. The minimum Gasteiger partial charge on any atom is -0.425 e. The Balaban J connectivity index is 1.66. The summed E-state index contributed by atoms with van der Waals surface area (Å²) in [6, 6.07) is 8.21. The molecule has 10 heteroatoms. The van der Waals surface area contributed by atoms with Gasteiger partial charge in [0.1, 0.15) is 23.8 Å². The molecular formula is C25H31BrF2N2O4Si. The second kappa shape index (κ2) is 10.6. The molecule has 1 aliphatic rings. The van der Waals surface area contributed by atoms with Crippen LogP contribution in [0.25, 0.3) is 11.0 Å². The molecule has 2 atom stereocenters. The first kappa shape index (κ1) is 26.2. The van der Waals surface area contributed by atoms with Gasteiger partial charge in [0.15, 0.2) is 5.82 Å². The third-order valence-corrected chi connectivity index (χ3v) is 8.66. The highest BCUT2D eigenvalue weighted by Crippen LogP contribution is 2.36. The van der Waals surface area contributed by atoms with Crippen LogP contribution in [0.2, 0.25) is 25.7 Å². The fraction of sp³-hybridized carbons (Fsp3) is 0.480. The van der Waals surface area contributed by atoms with E-state index in [-0.39, 0.29) is 46.9 Å². The molecule has 2 aromatic carbocycles. The quantitative estimate of drug-likeness (QED) is 0.185. The summed E-state index contributed by atoms with van der Waals surface area (Å²) < 4.78 is 48.3. The zero-order valence-electron chi connectivity index (χ0n) is 20.4. The average Bonchev–Trinajstić information content (AvgIpc) is 3.41. The van der Waals surface area contributed by atoms with Gasteiger partial charge in [-0.1, -0.05) is 31.8 Å². The van der Waals surface area contributed by atoms with Crippen LogP contribution >= 0.6 is 15.9 Å². The summed E-state index contributed by atoms with van der Waals surface area (Å²) in [5, 5.41) is 9.39. The van der Waals surface area contributed by atoms with Gasteiger partial charge in [-0.15, -0.1) is 0 Å². The zero-order chi connectivity index (χ0) is 25.3. The number of aryl methyl sites for hydroxylation is 1. The van der Waals surface area contributed by atoms with Gasteiger partial charge in [0.25, 0.3) is 0 Å². The van der Waals surface area contributed by atoms with Gasteiger partial charge in [-0.25, -0.2) is 8.78 Å². The zero-order valence-corrected chi connectivity index (χ0v) is 23.0. The minimum absolute atomic E-state index is 0.00543. The van der Waals surface area contributed by atoms with Crippen molar-refractivity contribution in [3.8, 4) is 11.8 Å². The van der Waals surface area contributed by atoms with Crippen LogP contribution in [0.3, 0.4) is 0 Å². The van der Waals surface area contributed by atoms with Gasteiger partial charge >= 0.3 is 6.01 Å². The Morgan fingerprint density at radius 3 is 2.71 bits per heavy atom. The van der Waals surface area contributed by atoms with E-state index in [1.807, 2.05) is 25.1 Å². The van der Waals surface area contributed by atoms with Crippen LogP contribution in [0.15, 0.2) is 28.7 Å². The molecule has 0 amide bonds. The van der Waals surface area contributed by atoms with Crippen molar-refractivity contribution < 1.29 is 28.1 Å². The van der Waals surface area contributed by atoms with E-state index in [9.17, 15) is 13.9 Å². The van der Waals surface area contributed by atoms with Gasteiger partial charge in [0.05, 0.1) is 29.3 Å². The van der Waals surface area contributed by atoms with Crippen molar-refractivity contribution >= 4 is 35.0 Å². The molecule has 35 heavy (non-hydrogen) atoms. The lowest BCUT2D eigenvalue weighted by Gasteiger charge is -2.17. The van der Waals surface area contributed by atoms with Gasteiger partial charge in [0.2, 0.25) is 0 Å². The molecule has 1 aromatic heterocycles. The van der Waals surface area contributed by atoms with E-state index in [0.29, 0.717) is 19.0 Å². The highest BCUT2D eigenvalue weighted by molar-refractivity contribution is 9.10. The van der Waals surface area contributed by atoms with E-state index in [1.54, 1.807) is 4.57 Å². The van der Waals surface area contributed by atoms with Crippen molar-refractivity contribution in [2.45, 2.75) is 57.8 Å². The summed E-state index contributed by atoms with van der Waals surface area (Å²) in [4.78, 5) is 4.37. The Morgan fingerprint density at radius 1 is 1.26 bits per heavy atom. The van der Waals surface area contributed by atoms with E-state index in [2.05, 4.69) is 40.6 Å². The molecule has 1 N–H and O–H groups in total. The SMILES string of the molecule is Cc1ccc(C2COC(CO)C2)cc1Oc1nc2c(F)c(Br)c(F)cc2n1COCC[Si](C)(C)C. The predicted octanol–water partition coefficient (Wildman–Crippen LogP) is 6.35. The molecule has 0 aliphatic carbocycles. The van der Waals surface area contributed by atoms with Gasteiger partial charge in [-0.05, 0) is 52.5 Å². The maximum atomic E-state index is 14.9. The molecule has 6 nitrogen and oxygen atoms in total. The highest BCUT2D eigenvalue weighted by atomic mass is 79.9. The smallest absolute Gasteiger partial charge is 0.304 e. The van der Waals surface area contributed by atoms with Gasteiger partial charge < -0.3 is 19.3 Å². The summed E-state index contributed by atoms with van der Waals surface area (Å²) in [6.07, 6.45) is 0.556. The van der Waals surface area contributed by atoms with Crippen molar-refractivity contribution in [3.63, 3.8) is 0 Å². The molecular weight excluding hydrogens is 538 g/mol. The fourth-order valence-corrected chi connectivity index (χ4v) is 5.08. The normalized spacial score (nSPS) is 18.5. The molecule has 190 valence electrons. The largest absolute Gasteiger partial charge is 0.425 e. The number of aliphatic hydroxyl groups excluding tert-OH is 1. The summed E-state index contributed by atoms with van der Waals surface area (Å²) in [5.41, 5.74) is 2.16. The third-order valence-electron chi connectivity index (χ3n) is 6.23. The average molecular weight is 570 g/mol. The minimum atomic E-state index is -1.30. The number of halogens is 3. The van der Waals surface area contributed by atoms with Gasteiger partial charge in [-0.2, -0.15) is 4.98 Å². The van der Waals surface area contributed by atoms with Crippen molar-refractivity contribution in [1.82, 2.24) is 9.55 Å². The predicted molar refractivity (Wildman–Crippen MR) is 137 cm³/mol. The lowest BCUT2D eigenvalue weighted by atomic mass is 9.95. The number of hydrogen-bond acceptors (Lipinski definition) is 5. The van der Waals surface area contributed by atoms with Crippen LogP contribution < -0.4 is 4.74 Å². The number of imidazole rings is 1. The van der Waals surface area contributed by atoms with E-state index < -0.39 is 19.7 Å². The molecule has 1 aliphatic heterocycles. The maximum absolute atomic E-state index is 14.9. The Bertz CT molecular complexity index is 1210. The summed E-state index contributed by atoms with van der Waals surface area (Å²) in [5.74, 6) is -0.799. The first-order valence-corrected chi connectivity index (χ1v) is 16.2. The van der Waals surface area contributed by atoms with Crippen LogP contribution in [-0.4, -0.2) is 48.7 Å². The third kappa shape index (κ3) is 5.94. The monoisotopic (exact) mass is 568 g/mol. The molecule has 2 unspecified atom stereocenters. The van der Waals surface area contributed by atoms with E-state index in [1.165, 1.54) is 6.07 Å². The number of aliphatic hydroxyl groups is 1. The van der Waals surface area contributed by atoms with Crippen LogP contribution in [0.5, 0.6) is 11.8 Å². The van der Waals surface area contributed by atoms with Crippen LogP contribution in [-0.2, 0) is 16.2 Å². The number of aromatic nitrogens is 2. The second-order valence-electron chi connectivity index (χ2n) is 10.2. The lowest BCUT2D eigenvalue weighted by Crippen LogP contribution is -2.22. The number of fused-ring (bicyclic) bond motifs is 1. The first-order chi connectivity index (χ1) is 16.6. The van der Waals surface area contributed by atoms with Crippen LogP contribution in [0, 0.1) is 18.6 Å². The summed E-state index contributed by atoms with van der Waals surface area (Å²) >= 11 is 2.96. The Hall–Kier alpha value is -1.85. The molecule has 1 fully saturated rings. The van der Waals surface area contributed by atoms with Crippen molar-refractivity contribution in [2.75, 3.05) is 19.8 Å². The molecule has 0 saturated carbocycles. The molecule has 3 aromatic rings. The second-order valence-corrected chi connectivity index (χ2v) is 16.6. The molecule has 0 spiro atoms. The number of nitrogens with zero attached hydrogens (tertiary/aromatic N) is 2. The summed E-state index contributed by atoms with van der Waals surface area (Å²) in [7, 11) is -1.30. The van der Waals surface area contributed by atoms with Crippen molar-refractivity contribution in [2.24, 2.45) is 0 Å². The van der Waals surface area contributed by atoms with Gasteiger partial charge in [0, 0.05) is 26.7 Å². The Kier molecular flexibility index (Phi) is 7.97. The molecule has 1 saturated heterocycles. The molecule has 0 radical (unpaired) electrons. The molecule has 4 rings (SSSR count).